The molecule has 0 atom stereocenters. The van der Waals surface area contributed by atoms with Gasteiger partial charge >= 0.3 is 0 Å². The first-order chi connectivity index (χ1) is 9.22. The van der Waals surface area contributed by atoms with Crippen molar-refractivity contribution < 1.29 is 4.74 Å². The van der Waals surface area contributed by atoms with Crippen LogP contribution in [0, 0.1) is 0 Å². The molecule has 1 aromatic carbocycles. The van der Waals surface area contributed by atoms with Gasteiger partial charge in [0.1, 0.15) is 5.75 Å². The van der Waals surface area contributed by atoms with E-state index in [0.717, 1.165) is 29.9 Å². The van der Waals surface area contributed by atoms with Gasteiger partial charge in [-0.2, -0.15) is 0 Å². The van der Waals surface area contributed by atoms with Gasteiger partial charge in [0, 0.05) is 30.9 Å². The molecule has 2 aliphatic rings. The Labute approximate surface area is 123 Å². The summed E-state index contributed by atoms with van der Waals surface area (Å²) in [7, 11) is 1.71. The number of nitrogens with one attached hydrogen (secondary N) is 1. The van der Waals surface area contributed by atoms with Crippen molar-refractivity contribution in [2.24, 2.45) is 0 Å². The lowest BCUT2D eigenvalue weighted by atomic mass is 9.94. The molecule has 4 heteroatoms. The van der Waals surface area contributed by atoms with Gasteiger partial charge < -0.3 is 15.0 Å². The van der Waals surface area contributed by atoms with Crippen LogP contribution in [0.5, 0.6) is 5.75 Å². The topological polar surface area (TPSA) is 24.5 Å². The van der Waals surface area contributed by atoms with Gasteiger partial charge in [0.25, 0.3) is 0 Å². The molecule has 3 rings (SSSR count). The van der Waals surface area contributed by atoms with E-state index in [9.17, 15) is 0 Å². The zero-order valence-electron chi connectivity index (χ0n) is 11.4. The van der Waals surface area contributed by atoms with E-state index in [-0.39, 0.29) is 0 Å². The SMILES string of the molecule is COc1ccc(N2CCNC3(CCCC3)C2)cc1Br. The molecule has 1 saturated heterocycles. The van der Waals surface area contributed by atoms with Crippen LogP contribution in [0.1, 0.15) is 25.7 Å². The Morgan fingerprint density at radius 3 is 2.79 bits per heavy atom. The molecule has 1 heterocycles. The van der Waals surface area contributed by atoms with E-state index in [1.807, 2.05) is 6.07 Å². The Morgan fingerprint density at radius 1 is 1.32 bits per heavy atom. The fourth-order valence-corrected chi connectivity index (χ4v) is 3.94. The number of piperazine rings is 1. The molecule has 1 aliphatic heterocycles. The molecule has 2 fully saturated rings. The summed E-state index contributed by atoms with van der Waals surface area (Å²) in [4.78, 5) is 2.51. The first-order valence-electron chi connectivity index (χ1n) is 7.06. The fraction of sp³-hybridized carbons (Fsp3) is 0.600. The number of hydrogen-bond acceptors (Lipinski definition) is 3. The van der Waals surface area contributed by atoms with E-state index in [4.69, 9.17) is 4.74 Å². The summed E-state index contributed by atoms with van der Waals surface area (Å²) in [5, 5.41) is 3.75. The molecule has 3 nitrogen and oxygen atoms in total. The van der Waals surface area contributed by atoms with E-state index >= 15 is 0 Å². The monoisotopic (exact) mass is 324 g/mol. The van der Waals surface area contributed by atoms with Crippen molar-refractivity contribution in [3.8, 4) is 5.75 Å². The van der Waals surface area contributed by atoms with Gasteiger partial charge in [-0.3, -0.25) is 0 Å². The Hall–Kier alpha value is -0.740. The Bertz CT molecular complexity index is 457. The third kappa shape index (κ3) is 2.61. The van der Waals surface area contributed by atoms with Gasteiger partial charge in [-0.05, 0) is 47.0 Å². The van der Waals surface area contributed by atoms with Crippen LogP contribution in [0.4, 0.5) is 5.69 Å². The number of anilines is 1. The maximum Gasteiger partial charge on any atom is 0.133 e. The van der Waals surface area contributed by atoms with Crippen molar-refractivity contribution in [3.05, 3.63) is 22.7 Å². The molecule has 0 aromatic heterocycles. The number of methoxy groups -OCH3 is 1. The minimum Gasteiger partial charge on any atom is -0.496 e. The summed E-state index contributed by atoms with van der Waals surface area (Å²) in [5.74, 6) is 0.898. The molecule has 104 valence electrons. The quantitative estimate of drug-likeness (QED) is 0.904. The molecule has 1 aromatic rings. The maximum absolute atomic E-state index is 5.30. The van der Waals surface area contributed by atoms with E-state index in [1.54, 1.807) is 7.11 Å². The highest BCUT2D eigenvalue weighted by Crippen LogP contribution is 2.35. The van der Waals surface area contributed by atoms with Crippen molar-refractivity contribution in [2.75, 3.05) is 31.6 Å². The standard InChI is InChI=1S/C15H21BrN2O/c1-19-14-5-4-12(10-13(14)16)18-9-8-17-15(11-18)6-2-3-7-15/h4-5,10,17H,2-3,6-9,11H2,1H3. The highest BCUT2D eigenvalue weighted by molar-refractivity contribution is 9.10. The number of halogens is 1. The van der Waals surface area contributed by atoms with Crippen LogP contribution in [-0.2, 0) is 0 Å². The van der Waals surface area contributed by atoms with Crippen LogP contribution in [0.3, 0.4) is 0 Å². The minimum absolute atomic E-state index is 0.366. The summed E-state index contributed by atoms with van der Waals surface area (Å²) in [6.07, 6.45) is 5.38. The molecular weight excluding hydrogens is 304 g/mol. The third-order valence-corrected chi connectivity index (χ3v) is 5.06. The highest BCUT2D eigenvalue weighted by Gasteiger charge is 2.37. The first-order valence-corrected chi connectivity index (χ1v) is 7.85. The molecule has 1 N–H and O–H groups in total. The van der Waals surface area contributed by atoms with E-state index in [0.29, 0.717) is 5.54 Å². The lowest BCUT2D eigenvalue weighted by Crippen LogP contribution is -2.59. The molecule has 1 saturated carbocycles. The largest absolute Gasteiger partial charge is 0.496 e. The Balaban J connectivity index is 1.79. The van der Waals surface area contributed by atoms with E-state index in [1.165, 1.54) is 31.4 Å². The molecule has 0 amide bonds. The van der Waals surface area contributed by atoms with Gasteiger partial charge in [0.15, 0.2) is 0 Å². The fourth-order valence-electron chi connectivity index (χ4n) is 3.42. The molecule has 0 unspecified atom stereocenters. The highest BCUT2D eigenvalue weighted by atomic mass is 79.9. The number of ether oxygens (including phenoxy) is 1. The van der Waals surface area contributed by atoms with Crippen LogP contribution in [0.2, 0.25) is 0 Å². The van der Waals surface area contributed by atoms with Crippen molar-refractivity contribution in [3.63, 3.8) is 0 Å². The van der Waals surface area contributed by atoms with Crippen LogP contribution in [0.25, 0.3) is 0 Å². The molecular formula is C15H21BrN2O. The third-order valence-electron chi connectivity index (χ3n) is 4.44. The summed E-state index contributed by atoms with van der Waals surface area (Å²) in [6.45, 7) is 3.30. The lowest BCUT2D eigenvalue weighted by Gasteiger charge is -2.42. The summed E-state index contributed by atoms with van der Waals surface area (Å²) < 4.78 is 6.34. The summed E-state index contributed by atoms with van der Waals surface area (Å²) in [5.41, 5.74) is 1.66. The van der Waals surface area contributed by atoms with Crippen LogP contribution < -0.4 is 15.0 Å². The number of hydrogen-bond donors (Lipinski definition) is 1. The lowest BCUT2D eigenvalue weighted by molar-refractivity contribution is 0.304. The Kier molecular flexibility index (Phi) is 3.72. The van der Waals surface area contributed by atoms with Gasteiger partial charge in [0.05, 0.1) is 11.6 Å². The predicted molar refractivity (Wildman–Crippen MR) is 82.1 cm³/mol. The smallest absolute Gasteiger partial charge is 0.133 e. The van der Waals surface area contributed by atoms with Crippen molar-refractivity contribution >= 4 is 21.6 Å². The molecule has 19 heavy (non-hydrogen) atoms. The molecule has 0 radical (unpaired) electrons. The second-order valence-electron chi connectivity index (χ2n) is 5.65. The van der Waals surface area contributed by atoms with Crippen LogP contribution in [-0.4, -0.2) is 32.3 Å². The van der Waals surface area contributed by atoms with Gasteiger partial charge in [-0.25, -0.2) is 0 Å². The Morgan fingerprint density at radius 2 is 2.11 bits per heavy atom. The number of benzene rings is 1. The zero-order valence-corrected chi connectivity index (χ0v) is 13.0. The summed E-state index contributed by atoms with van der Waals surface area (Å²) in [6, 6.07) is 6.38. The molecule has 1 aliphatic carbocycles. The maximum atomic E-state index is 5.30. The predicted octanol–water partition coefficient (Wildman–Crippen LogP) is 3.18. The van der Waals surface area contributed by atoms with E-state index < -0.39 is 0 Å². The number of rotatable bonds is 2. The number of nitrogens with zero attached hydrogens (tertiary/aromatic N) is 1. The molecule has 1 spiro atoms. The summed E-state index contributed by atoms with van der Waals surface area (Å²) >= 11 is 3.58. The van der Waals surface area contributed by atoms with Crippen molar-refractivity contribution in [1.82, 2.24) is 5.32 Å². The zero-order chi connectivity index (χ0) is 13.3. The second-order valence-corrected chi connectivity index (χ2v) is 6.51. The second kappa shape index (κ2) is 5.33. The van der Waals surface area contributed by atoms with Crippen molar-refractivity contribution in [2.45, 2.75) is 31.2 Å². The average molecular weight is 325 g/mol. The first kappa shape index (κ1) is 13.3. The van der Waals surface area contributed by atoms with Gasteiger partial charge in [0.2, 0.25) is 0 Å². The van der Waals surface area contributed by atoms with E-state index in [2.05, 4.69) is 38.3 Å². The van der Waals surface area contributed by atoms with Crippen molar-refractivity contribution in [1.29, 1.82) is 0 Å². The molecule has 0 bridgehead atoms. The normalized spacial score (nSPS) is 21.9. The van der Waals surface area contributed by atoms with Gasteiger partial charge in [-0.15, -0.1) is 0 Å². The van der Waals surface area contributed by atoms with Crippen LogP contribution >= 0.6 is 15.9 Å². The van der Waals surface area contributed by atoms with Crippen LogP contribution in [0.15, 0.2) is 22.7 Å². The minimum atomic E-state index is 0.366. The van der Waals surface area contributed by atoms with Gasteiger partial charge in [-0.1, -0.05) is 12.8 Å². The average Bonchev–Trinajstić information content (AvgIpc) is 2.86.